The van der Waals surface area contributed by atoms with E-state index in [1.54, 1.807) is 48.3 Å². The molecule has 0 aliphatic carbocycles. The van der Waals surface area contributed by atoms with E-state index in [4.69, 9.17) is 4.74 Å². The number of likely N-dealkylation sites (tertiary alicyclic amines) is 1. The van der Waals surface area contributed by atoms with Gasteiger partial charge in [0, 0.05) is 42.6 Å². The van der Waals surface area contributed by atoms with Gasteiger partial charge in [0.1, 0.15) is 12.1 Å². The van der Waals surface area contributed by atoms with Gasteiger partial charge in [0.05, 0.1) is 23.4 Å². The number of hydrogen-bond donors (Lipinski definition) is 0. The number of piperidine rings is 1. The molecule has 1 spiro atoms. The predicted octanol–water partition coefficient (Wildman–Crippen LogP) is 2.46. The van der Waals surface area contributed by atoms with Gasteiger partial charge in [-0.25, -0.2) is 0 Å². The number of hydrogen-bond acceptors (Lipinski definition) is 6. The molecule has 8 heteroatoms. The zero-order valence-corrected chi connectivity index (χ0v) is 17.3. The van der Waals surface area contributed by atoms with E-state index < -0.39 is 0 Å². The Bertz CT molecular complexity index is 1120. The molecule has 1 fully saturated rings. The molecule has 0 aromatic carbocycles. The van der Waals surface area contributed by atoms with E-state index in [1.165, 1.54) is 21.1 Å². The first-order valence-electron chi connectivity index (χ1n) is 10.1. The molecule has 0 saturated carbocycles. The summed E-state index contributed by atoms with van der Waals surface area (Å²) in [6, 6.07) is 7.14. The number of fused-ring (bicyclic) bond motifs is 2. The van der Waals surface area contributed by atoms with Crippen molar-refractivity contribution in [3.63, 3.8) is 0 Å². The average Bonchev–Trinajstić information content (AvgIpc) is 3.23. The molecule has 154 valence electrons. The second kappa shape index (κ2) is 7.77. The van der Waals surface area contributed by atoms with Crippen LogP contribution in [0.15, 0.2) is 53.8 Å². The van der Waals surface area contributed by atoms with Crippen LogP contribution in [0.1, 0.15) is 23.3 Å². The summed E-state index contributed by atoms with van der Waals surface area (Å²) < 4.78 is 7.78. The van der Waals surface area contributed by atoms with Crippen molar-refractivity contribution in [3.8, 4) is 10.6 Å². The molecule has 0 N–H and O–H groups in total. The van der Waals surface area contributed by atoms with Gasteiger partial charge in [0.25, 0.3) is 5.56 Å². The van der Waals surface area contributed by atoms with Crippen LogP contribution < -0.4 is 5.56 Å². The van der Waals surface area contributed by atoms with Gasteiger partial charge in [-0.05, 0) is 37.0 Å². The fraction of sp³-hybridized carbons (Fsp3) is 0.364. The van der Waals surface area contributed by atoms with Gasteiger partial charge in [-0.15, -0.1) is 11.3 Å². The fourth-order valence-electron chi connectivity index (χ4n) is 4.30. The lowest BCUT2D eigenvalue weighted by molar-refractivity contribution is -0.140. The van der Waals surface area contributed by atoms with Crippen molar-refractivity contribution in [1.29, 1.82) is 0 Å². The van der Waals surface area contributed by atoms with Crippen molar-refractivity contribution in [1.82, 2.24) is 19.4 Å². The van der Waals surface area contributed by atoms with Crippen LogP contribution in [0.3, 0.4) is 0 Å². The third-order valence-corrected chi connectivity index (χ3v) is 7.30. The Labute approximate surface area is 178 Å². The molecule has 3 aromatic heterocycles. The van der Waals surface area contributed by atoms with Crippen molar-refractivity contribution in [2.45, 2.75) is 31.4 Å². The van der Waals surface area contributed by atoms with Crippen LogP contribution in [0.5, 0.6) is 0 Å². The van der Waals surface area contributed by atoms with Crippen LogP contribution >= 0.6 is 11.3 Å². The number of amides is 1. The van der Waals surface area contributed by atoms with E-state index in [2.05, 4.69) is 16.0 Å². The molecule has 2 aliphatic heterocycles. The van der Waals surface area contributed by atoms with Gasteiger partial charge < -0.3 is 14.2 Å². The minimum atomic E-state index is -0.334. The van der Waals surface area contributed by atoms with Crippen LogP contribution in [0.2, 0.25) is 0 Å². The number of carbonyl (C=O) groups excluding carboxylic acids is 1. The number of rotatable bonds is 3. The van der Waals surface area contributed by atoms with Crippen LogP contribution in [0.25, 0.3) is 10.6 Å². The van der Waals surface area contributed by atoms with Crippen molar-refractivity contribution < 1.29 is 9.53 Å². The molecular weight excluding hydrogens is 400 g/mol. The molecule has 1 amide bonds. The molecule has 0 atom stereocenters. The molecule has 2 aliphatic rings. The minimum Gasteiger partial charge on any atom is -0.369 e. The Kier molecular flexibility index (Phi) is 4.96. The highest BCUT2D eigenvalue weighted by Gasteiger charge is 2.43. The first-order valence-corrected chi connectivity index (χ1v) is 10.9. The van der Waals surface area contributed by atoms with E-state index in [9.17, 15) is 9.59 Å². The standard InChI is InChI=1S/C22H22N4O3S/c27-19-3-1-2-9-26(19)15-20(28)25-10-5-22(6-11-25)21-16(4-12-29-22)13-18(30-21)17-14-23-7-8-24-17/h1-3,7-9,13-14H,4-6,10-12,15H2. The summed E-state index contributed by atoms with van der Waals surface area (Å²) in [4.78, 5) is 37.5. The number of thiophene rings is 1. The second-order valence-electron chi connectivity index (χ2n) is 7.70. The second-order valence-corrected chi connectivity index (χ2v) is 8.75. The van der Waals surface area contributed by atoms with Crippen LogP contribution in [-0.4, -0.2) is 45.0 Å². The Morgan fingerprint density at radius 3 is 2.87 bits per heavy atom. The van der Waals surface area contributed by atoms with Crippen molar-refractivity contribution in [2.24, 2.45) is 0 Å². The third kappa shape index (κ3) is 3.46. The zero-order valence-electron chi connectivity index (χ0n) is 16.5. The Morgan fingerprint density at radius 2 is 2.10 bits per heavy atom. The third-order valence-electron chi connectivity index (χ3n) is 5.92. The number of carbonyl (C=O) groups is 1. The molecule has 30 heavy (non-hydrogen) atoms. The van der Waals surface area contributed by atoms with E-state index >= 15 is 0 Å². The summed E-state index contributed by atoms with van der Waals surface area (Å²) in [5.41, 5.74) is 1.71. The highest BCUT2D eigenvalue weighted by Crippen LogP contribution is 2.47. The highest BCUT2D eigenvalue weighted by atomic mass is 32.1. The van der Waals surface area contributed by atoms with Crippen molar-refractivity contribution in [3.05, 3.63) is 69.8 Å². The van der Waals surface area contributed by atoms with Crippen molar-refractivity contribution in [2.75, 3.05) is 19.7 Å². The van der Waals surface area contributed by atoms with E-state index in [-0.39, 0.29) is 23.6 Å². The number of pyridine rings is 1. The predicted molar refractivity (Wildman–Crippen MR) is 113 cm³/mol. The molecule has 5 heterocycles. The van der Waals surface area contributed by atoms with Gasteiger partial charge in [0.2, 0.25) is 5.91 Å². The van der Waals surface area contributed by atoms with E-state index in [0.717, 1.165) is 29.8 Å². The van der Waals surface area contributed by atoms with E-state index in [1.807, 2.05) is 4.90 Å². The van der Waals surface area contributed by atoms with Gasteiger partial charge >= 0.3 is 0 Å². The van der Waals surface area contributed by atoms with Gasteiger partial charge in [0.15, 0.2) is 0 Å². The number of ether oxygens (including phenoxy) is 1. The smallest absolute Gasteiger partial charge is 0.250 e. The van der Waals surface area contributed by atoms with E-state index in [0.29, 0.717) is 19.7 Å². The molecular formula is C22H22N4O3S. The van der Waals surface area contributed by atoms with Crippen LogP contribution in [0.4, 0.5) is 0 Å². The summed E-state index contributed by atoms with van der Waals surface area (Å²) >= 11 is 1.73. The largest absolute Gasteiger partial charge is 0.369 e. The van der Waals surface area contributed by atoms with Gasteiger partial charge in [-0.3, -0.25) is 19.6 Å². The van der Waals surface area contributed by atoms with Gasteiger partial charge in [-0.1, -0.05) is 6.07 Å². The lowest BCUT2D eigenvalue weighted by Crippen LogP contribution is -2.49. The van der Waals surface area contributed by atoms with Crippen LogP contribution in [-0.2, 0) is 28.1 Å². The lowest BCUT2D eigenvalue weighted by atomic mass is 9.85. The average molecular weight is 423 g/mol. The fourth-order valence-corrected chi connectivity index (χ4v) is 5.67. The summed E-state index contributed by atoms with van der Waals surface area (Å²) in [5, 5.41) is 0. The highest BCUT2D eigenvalue weighted by molar-refractivity contribution is 7.15. The Morgan fingerprint density at radius 1 is 1.23 bits per heavy atom. The summed E-state index contributed by atoms with van der Waals surface area (Å²) in [5.74, 6) is -0.0272. The van der Waals surface area contributed by atoms with Gasteiger partial charge in [-0.2, -0.15) is 0 Å². The quantitative estimate of drug-likeness (QED) is 0.648. The van der Waals surface area contributed by atoms with Crippen LogP contribution in [0, 0.1) is 0 Å². The number of nitrogens with zero attached hydrogens (tertiary/aromatic N) is 4. The topological polar surface area (TPSA) is 77.3 Å². The number of aromatic nitrogens is 3. The molecule has 5 rings (SSSR count). The maximum absolute atomic E-state index is 12.7. The normalized spacial score (nSPS) is 17.7. The Balaban J connectivity index is 1.33. The summed E-state index contributed by atoms with van der Waals surface area (Å²) in [6.45, 7) is 2.02. The molecule has 0 bridgehead atoms. The first kappa shape index (κ1) is 19.1. The lowest BCUT2D eigenvalue weighted by Gasteiger charge is -2.43. The molecule has 0 radical (unpaired) electrons. The zero-order chi connectivity index (χ0) is 20.6. The molecule has 3 aromatic rings. The Hall–Kier alpha value is -2.84. The maximum atomic E-state index is 12.7. The van der Waals surface area contributed by atoms with Crippen molar-refractivity contribution >= 4 is 17.2 Å². The monoisotopic (exact) mass is 422 g/mol. The molecule has 1 saturated heterocycles. The summed E-state index contributed by atoms with van der Waals surface area (Å²) in [7, 11) is 0. The molecule has 7 nitrogen and oxygen atoms in total. The first-order chi connectivity index (χ1) is 14.6. The minimum absolute atomic E-state index is 0.0272. The SMILES string of the molecule is O=C(Cn1ccccc1=O)N1CCC2(CC1)OCCc1cc(-c3cnccn3)sc12. The molecule has 0 unspecified atom stereocenters. The maximum Gasteiger partial charge on any atom is 0.250 e. The summed E-state index contributed by atoms with van der Waals surface area (Å²) in [6.07, 6.45) is 9.25.